The average molecular weight is 431 g/mol. The minimum atomic E-state index is -0.433. The number of carbonyl (C=O) groups excluding carboxylic acids is 2. The van der Waals surface area contributed by atoms with Crippen LogP contribution in [-0.4, -0.2) is 36.1 Å². The molecule has 0 radical (unpaired) electrons. The van der Waals surface area contributed by atoms with Crippen LogP contribution in [0.5, 0.6) is 11.5 Å². The molecule has 1 aliphatic rings. The van der Waals surface area contributed by atoms with E-state index in [1.165, 1.54) is 18.4 Å². The maximum absolute atomic E-state index is 12.7. The predicted molar refractivity (Wildman–Crippen MR) is 111 cm³/mol. The summed E-state index contributed by atoms with van der Waals surface area (Å²) in [5.74, 6) is 1.38. The molecule has 2 aromatic carbocycles. The van der Waals surface area contributed by atoms with Gasteiger partial charge in [0.25, 0.3) is 5.91 Å². The van der Waals surface area contributed by atoms with Gasteiger partial charge in [-0.05, 0) is 30.0 Å². The lowest BCUT2D eigenvalue weighted by atomic mass is 10.2. The Kier molecular flexibility index (Phi) is 5.59. The highest BCUT2D eigenvalue weighted by Gasteiger charge is 2.19. The summed E-state index contributed by atoms with van der Waals surface area (Å²) in [6.07, 6.45) is 0. The first kappa shape index (κ1) is 19.5. The molecular formula is C20H18N2O5S2. The van der Waals surface area contributed by atoms with Crippen molar-refractivity contribution in [3.05, 3.63) is 46.8 Å². The zero-order valence-corrected chi connectivity index (χ0v) is 17.5. The van der Waals surface area contributed by atoms with Gasteiger partial charge in [0.2, 0.25) is 6.79 Å². The van der Waals surface area contributed by atoms with Gasteiger partial charge in [-0.1, -0.05) is 18.3 Å². The van der Waals surface area contributed by atoms with Gasteiger partial charge in [0.15, 0.2) is 16.3 Å². The summed E-state index contributed by atoms with van der Waals surface area (Å²) in [6.45, 7) is 2.17. The number of rotatable bonds is 5. The Morgan fingerprint density at radius 2 is 1.93 bits per heavy atom. The number of amides is 1. The summed E-state index contributed by atoms with van der Waals surface area (Å²) in [4.78, 5) is 30.4. The van der Waals surface area contributed by atoms with Crippen LogP contribution in [0.4, 0.5) is 0 Å². The molecule has 0 N–H and O–H groups in total. The number of thiazole rings is 1. The summed E-state index contributed by atoms with van der Waals surface area (Å²) in [7, 11) is 1.32. The van der Waals surface area contributed by atoms with E-state index in [2.05, 4.69) is 11.9 Å². The van der Waals surface area contributed by atoms with Gasteiger partial charge in [0.1, 0.15) is 6.54 Å². The Hall–Kier alpha value is -2.78. The molecule has 0 bridgehead atoms. The molecule has 2 heterocycles. The Morgan fingerprint density at radius 3 is 2.62 bits per heavy atom. The number of carbonyl (C=O) groups is 2. The van der Waals surface area contributed by atoms with Crippen LogP contribution in [-0.2, 0) is 16.1 Å². The van der Waals surface area contributed by atoms with Crippen LogP contribution in [0.15, 0.2) is 46.3 Å². The monoisotopic (exact) mass is 430 g/mol. The summed E-state index contributed by atoms with van der Waals surface area (Å²) in [5, 5.41) is 0. The molecule has 1 aromatic heterocycles. The Bertz CT molecular complexity index is 1150. The number of hydrogen-bond donors (Lipinski definition) is 0. The van der Waals surface area contributed by atoms with Crippen LogP contribution >= 0.6 is 23.1 Å². The van der Waals surface area contributed by atoms with E-state index in [1.54, 1.807) is 34.5 Å². The number of ether oxygens (including phenoxy) is 3. The molecule has 0 saturated carbocycles. The molecule has 1 aliphatic heterocycles. The summed E-state index contributed by atoms with van der Waals surface area (Å²) >= 11 is 3.01. The Labute approximate surface area is 174 Å². The zero-order valence-electron chi connectivity index (χ0n) is 15.8. The van der Waals surface area contributed by atoms with E-state index in [-0.39, 0.29) is 19.2 Å². The third-order valence-corrected chi connectivity index (χ3v) is 6.24. The quantitative estimate of drug-likeness (QED) is 0.456. The van der Waals surface area contributed by atoms with E-state index >= 15 is 0 Å². The lowest BCUT2D eigenvalue weighted by Crippen LogP contribution is -2.22. The summed E-state index contributed by atoms with van der Waals surface area (Å²) in [5.41, 5.74) is 1.22. The minimum Gasteiger partial charge on any atom is -0.468 e. The highest BCUT2D eigenvalue weighted by molar-refractivity contribution is 7.99. The van der Waals surface area contributed by atoms with Crippen molar-refractivity contribution in [1.29, 1.82) is 0 Å². The van der Waals surface area contributed by atoms with Gasteiger partial charge in [-0.15, -0.1) is 11.8 Å². The van der Waals surface area contributed by atoms with E-state index in [4.69, 9.17) is 14.2 Å². The van der Waals surface area contributed by atoms with Crippen LogP contribution in [0.3, 0.4) is 0 Å². The molecule has 0 spiro atoms. The molecule has 150 valence electrons. The van der Waals surface area contributed by atoms with Crippen LogP contribution in [0.2, 0.25) is 0 Å². The molecule has 7 nitrogen and oxygen atoms in total. The van der Waals surface area contributed by atoms with E-state index in [9.17, 15) is 9.59 Å². The minimum absolute atomic E-state index is 0.0612. The Balaban J connectivity index is 1.77. The van der Waals surface area contributed by atoms with Crippen molar-refractivity contribution in [2.75, 3.05) is 19.7 Å². The molecule has 9 heteroatoms. The molecule has 0 fully saturated rings. The van der Waals surface area contributed by atoms with Gasteiger partial charge >= 0.3 is 5.97 Å². The summed E-state index contributed by atoms with van der Waals surface area (Å²) in [6, 6.07) is 11.0. The maximum Gasteiger partial charge on any atom is 0.325 e. The first-order chi connectivity index (χ1) is 14.1. The van der Waals surface area contributed by atoms with Crippen LogP contribution < -0.4 is 14.3 Å². The van der Waals surface area contributed by atoms with Gasteiger partial charge in [-0.25, -0.2) is 0 Å². The molecule has 3 aromatic rings. The second kappa shape index (κ2) is 8.30. The second-order valence-electron chi connectivity index (χ2n) is 6.09. The summed E-state index contributed by atoms with van der Waals surface area (Å²) < 4.78 is 18.2. The normalized spacial score (nSPS) is 13.1. The van der Waals surface area contributed by atoms with Crippen LogP contribution in [0, 0.1) is 0 Å². The number of benzene rings is 2. The van der Waals surface area contributed by atoms with Crippen molar-refractivity contribution in [1.82, 2.24) is 4.57 Å². The molecule has 0 saturated heterocycles. The van der Waals surface area contributed by atoms with Crippen molar-refractivity contribution >= 4 is 45.2 Å². The Morgan fingerprint density at radius 1 is 1.21 bits per heavy atom. The van der Waals surface area contributed by atoms with Gasteiger partial charge in [-0.2, -0.15) is 4.99 Å². The molecule has 0 atom stereocenters. The lowest BCUT2D eigenvalue weighted by Gasteiger charge is -2.04. The fourth-order valence-corrected chi connectivity index (χ4v) is 4.60. The predicted octanol–water partition coefficient (Wildman–Crippen LogP) is 3.46. The molecule has 1 amide bonds. The standard InChI is InChI=1S/C20H18N2O5S2/c1-3-28-13-6-4-12(5-7-13)19(24)21-20-22(10-18(23)25-2)14-8-15-16(27-11-26-15)9-17(14)29-20/h4-9H,3,10-11H2,1-2H3. The zero-order chi connectivity index (χ0) is 20.4. The fraction of sp³-hybridized carbons (Fsp3) is 0.250. The molecule has 0 aliphatic carbocycles. The number of thioether (sulfide) groups is 1. The van der Waals surface area contributed by atoms with Crippen molar-refractivity contribution in [2.24, 2.45) is 4.99 Å². The number of hydrogen-bond acceptors (Lipinski definition) is 7. The van der Waals surface area contributed by atoms with Crippen LogP contribution in [0.25, 0.3) is 10.2 Å². The number of esters is 1. The van der Waals surface area contributed by atoms with E-state index < -0.39 is 5.97 Å². The van der Waals surface area contributed by atoms with Crippen molar-refractivity contribution in [2.45, 2.75) is 18.4 Å². The first-order valence-corrected chi connectivity index (χ1v) is 10.7. The highest BCUT2D eigenvalue weighted by atomic mass is 32.2. The number of nitrogens with zero attached hydrogens (tertiary/aromatic N) is 2. The number of aromatic nitrogens is 1. The largest absolute Gasteiger partial charge is 0.468 e. The maximum atomic E-state index is 12.7. The first-order valence-electron chi connectivity index (χ1n) is 8.90. The van der Waals surface area contributed by atoms with E-state index in [1.807, 2.05) is 18.2 Å². The molecule has 29 heavy (non-hydrogen) atoms. The van der Waals surface area contributed by atoms with Crippen molar-refractivity contribution in [3.63, 3.8) is 0 Å². The van der Waals surface area contributed by atoms with Gasteiger partial charge < -0.3 is 18.8 Å². The second-order valence-corrected chi connectivity index (χ2v) is 8.44. The third-order valence-electron chi connectivity index (χ3n) is 4.30. The van der Waals surface area contributed by atoms with Gasteiger partial charge in [0, 0.05) is 22.6 Å². The topological polar surface area (TPSA) is 79.1 Å². The number of methoxy groups -OCH3 is 1. The molecule has 0 unspecified atom stereocenters. The van der Waals surface area contributed by atoms with E-state index in [0.29, 0.717) is 21.9 Å². The smallest absolute Gasteiger partial charge is 0.325 e. The van der Waals surface area contributed by atoms with Gasteiger partial charge in [-0.3, -0.25) is 9.59 Å². The third kappa shape index (κ3) is 4.01. The fourth-order valence-electron chi connectivity index (χ4n) is 2.90. The number of fused-ring (bicyclic) bond motifs is 2. The van der Waals surface area contributed by atoms with Crippen molar-refractivity contribution in [3.8, 4) is 11.5 Å². The molecular weight excluding hydrogens is 412 g/mol. The van der Waals surface area contributed by atoms with Gasteiger partial charge in [0.05, 0.1) is 17.3 Å². The SMILES string of the molecule is CCSc1ccc(C(=O)N=c2sc3cc4c(cc3n2CC(=O)OC)OCO4)cc1. The van der Waals surface area contributed by atoms with E-state index in [0.717, 1.165) is 20.9 Å². The van der Waals surface area contributed by atoms with Crippen LogP contribution in [0.1, 0.15) is 17.3 Å². The molecule has 4 rings (SSSR count). The average Bonchev–Trinajstić information content (AvgIpc) is 3.31. The van der Waals surface area contributed by atoms with Crippen molar-refractivity contribution < 1.29 is 23.8 Å². The highest BCUT2D eigenvalue weighted by Crippen LogP contribution is 2.37. The lowest BCUT2D eigenvalue weighted by molar-refractivity contribution is -0.141.